The van der Waals surface area contributed by atoms with Gasteiger partial charge in [0.05, 0.1) is 13.2 Å². The first-order chi connectivity index (χ1) is 10.1. The van der Waals surface area contributed by atoms with E-state index in [2.05, 4.69) is 22.9 Å². The van der Waals surface area contributed by atoms with E-state index >= 15 is 0 Å². The molecular formula is C15H20BrF2NO2. The van der Waals surface area contributed by atoms with Crippen molar-refractivity contribution in [1.29, 1.82) is 0 Å². The summed E-state index contributed by atoms with van der Waals surface area (Å²) < 4.78 is 30.5. The Bertz CT molecular complexity index is 426. The van der Waals surface area contributed by atoms with Gasteiger partial charge in [0.25, 0.3) is 12.3 Å². The lowest BCUT2D eigenvalue weighted by molar-refractivity contribution is 0.0572. The maximum absolute atomic E-state index is 12.5. The summed E-state index contributed by atoms with van der Waals surface area (Å²) in [5.74, 6) is 0.288. The largest absolute Gasteiger partial charge is 0.494 e. The maximum atomic E-state index is 12.5. The highest BCUT2D eigenvalue weighted by atomic mass is 79.9. The van der Waals surface area contributed by atoms with E-state index in [0.29, 0.717) is 23.2 Å². The minimum absolute atomic E-state index is 0.248. The summed E-state index contributed by atoms with van der Waals surface area (Å²) in [4.78, 5) is 13.3. The summed E-state index contributed by atoms with van der Waals surface area (Å²) in [7, 11) is 0. The molecule has 0 saturated heterocycles. The third-order valence-corrected chi connectivity index (χ3v) is 3.22. The molecule has 0 aromatic heterocycles. The second kappa shape index (κ2) is 9.71. The lowest BCUT2D eigenvalue weighted by atomic mass is 10.2. The zero-order valence-corrected chi connectivity index (χ0v) is 13.6. The summed E-state index contributed by atoms with van der Waals surface area (Å²) in [5.41, 5.74) is 0.388. The Hall–Kier alpha value is -1.17. The first kappa shape index (κ1) is 17.9. The second-order valence-corrected chi connectivity index (χ2v) is 5.35. The van der Waals surface area contributed by atoms with Crippen LogP contribution in [0.15, 0.2) is 24.3 Å². The van der Waals surface area contributed by atoms with Gasteiger partial charge in [0.1, 0.15) is 5.75 Å². The van der Waals surface area contributed by atoms with Gasteiger partial charge in [0.15, 0.2) is 0 Å². The molecular weight excluding hydrogens is 344 g/mol. The van der Waals surface area contributed by atoms with E-state index in [1.165, 1.54) is 0 Å². The van der Waals surface area contributed by atoms with Gasteiger partial charge in [-0.05, 0) is 30.7 Å². The van der Waals surface area contributed by atoms with E-state index in [9.17, 15) is 13.6 Å². The summed E-state index contributed by atoms with van der Waals surface area (Å²) >= 11 is 3.17. The van der Waals surface area contributed by atoms with Crippen LogP contribution < -0.4 is 4.74 Å². The first-order valence-electron chi connectivity index (χ1n) is 6.94. The van der Waals surface area contributed by atoms with Crippen LogP contribution in [0.2, 0.25) is 0 Å². The molecule has 0 heterocycles. The molecule has 0 aliphatic rings. The highest BCUT2D eigenvalue weighted by Crippen LogP contribution is 2.15. The molecule has 0 N–H and O–H groups in total. The second-order valence-electron chi connectivity index (χ2n) is 4.56. The van der Waals surface area contributed by atoms with Crippen molar-refractivity contribution >= 4 is 21.8 Å². The molecule has 1 amide bonds. The summed E-state index contributed by atoms with van der Waals surface area (Å²) in [5, 5.41) is 0.462. The van der Waals surface area contributed by atoms with Gasteiger partial charge in [0, 0.05) is 17.4 Å². The van der Waals surface area contributed by atoms with Crippen molar-refractivity contribution in [2.75, 3.05) is 25.0 Å². The van der Waals surface area contributed by atoms with Crippen molar-refractivity contribution in [3.8, 4) is 5.75 Å². The van der Waals surface area contributed by atoms with E-state index < -0.39 is 18.9 Å². The lowest BCUT2D eigenvalue weighted by Gasteiger charge is -2.21. The molecule has 0 unspecified atom stereocenters. The average molecular weight is 364 g/mol. The van der Waals surface area contributed by atoms with E-state index in [-0.39, 0.29) is 6.54 Å². The van der Waals surface area contributed by atoms with Crippen LogP contribution in [0.25, 0.3) is 0 Å². The molecule has 0 aliphatic heterocycles. The predicted molar refractivity (Wildman–Crippen MR) is 82.5 cm³/mol. The van der Waals surface area contributed by atoms with E-state index in [0.717, 1.165) is 17.7 Å². The number of carbonyl (C=O) groups excluding carboxylic acids is 1. The van der Waals surface area contributed by atoms with Crippen molar-refractivity contribution in [2.45, 2.75) is 26.2 Å². The maximum Gasteiger partial charge on any atom is 0.255 e. The normalized spacial score (nSPS) is 10.7. The van der Waals surface area contributed by atoms with Gasteiger partial charge >= 0.3 is 0 Å². The topological polar surface area (TPSA) is 29.5 Å². The Balaban J connectivity index is 2.67. The molecule has 21 heavy (non-hydrogen) atoms. The SMILES string of the molecule is CCCCOc1ccc(C(=O)N(CCBr)CC(F)F)cc1. The van der Waals surface area contributed by atoms with Gasteiger partial charge in [-0.1, -0.05) is 29.3 Å². The zero-order valence-electron chi connectivity index (χ0n) is 12.0. The fourth-order valence-corrected chi connectivity index (χ4v) is 2.18. The van der Waals surface area contributed by atoms with Crippen LogP contribution in [0.1, 0.15) is 30.1 Å². The van der Waals surface area contributed by atoms with Gasteiger partial charge in [-0.15, -0.1) is 0 Å². The Kier molecular flexibility index (Phi) is 8.27. The number of alkyl halides is 3. The lowest BCUT2D eigenvalue weighted by Crippen LogP contribution is -2.36. The molecule has 1 rings (SSSR count). The molecule has 0 aliphatic carbocycles. The number of halogens is 3. The molecule has 6 heteroatoms. The van der Waals surface area contributed by atoms with Gasteiger partial charge in [0.2, 0.25) is 0 Å². The van der Waals surface area contributed by atoms with E-state index in [1.807, 2.05) is 0 Å². The molecule has 118 valence electrons. The number of nitrogens with zero attached hydrogens (tertiary/aromatic N) is 1. The molecule has 0 saturated carbocycles. The summed E-state index contributed by atoms with van der Waals surface area (Å²) in [6, 6.07) is 6.60. The average Bonchev–Trinajstić information content (AvgIpc) is 2.47. The van der Waals surface area contributed by atoms with Crippen molar-refractivity contribution in [2.24, 2.45) is 0 Å². The molecule has 1 aromatic carbocycles. The molecule has 0 spiro atoms. The Labute approximate surface area is 132 Å². The smallest absolute Gasteiger partial charge is 0.255 e. The van der Waals surface area contributed by atoms with Gasteiger partial charge < -0.3 is 9.64 Å². The predicted octanol–water partition coefficient (Wildman–Crippen LogP) is 3.97. The van der Waals surface area contributed by atoms with Crippen molar-refractivity contribution < 1.29 is 18.3 Å². The van der Waals surface area contributed by atoms with Gasteiger partial charge in [-0.25, -0.2) is 8.78 Å². The molecule has 0 bridgehead atoms. The van der Waals surface area contributed by atoms with E-state index in [1.54, 1.807) is 24.3 Å². The number of rotatable bonds is 9. The first-order valence-corrected chi connectivity index (χ1v) is 8.06. The fourth-order valence-electron chi connectivity index (χ4n) is 1.76. The Morgan fingerprint density at radius 3 is 2.52 bits per heavy atom. The number of carbonyl (C=O) groups is 1. The Morgan fingerprint density at radius 1 is 1.33 bits per heavy atom. The molecule has 0 fully saturated rings. The molecule has 1 aromatic rings. The molecule has 3 nitrogen and oxygen atoms in total. The van der Waals surface area contributed by atoms with Crippen LogP contribution in [-0.2, 0) is 0 Å². The number of amides is 1. The number of ether oxygens (including phenoxy) is 1. The number of hydrogen-bond acceptors (Lipinski definition) is 2. The van der Waals surface area contributed by atoms with Crippen molar-refractivity contribution in [3.05, 3.63) is 29.8 Å². The number of unbranched alkanes of at least 4 members (excludes halogenated alkanes) is 1. The van der Waals surface area contributed by atoms with Crippen molar-refractivity contribution in [1.82, 2.24) is 4.90 Å². The van der Waals surface area contributed by atoms with Gasteiger partial charge in [-0.3, -0.25) is 4.79 Å². The highest BCUT2D eigenvalue weighted by Gasteiger charge is 2.19. The van der Waals surface area contributed by atoms with Gasteiger partial charge in [-0.2, -0.15) is 0 Å². The molecule has 0 atom stereocenters. The zero-order chi connectivity index (χ0) is 15.7. The van der Waals surface area contributed by atoms with Crippen molar-refractivity contribution in [3.63, 3.8) is 0 Å². The summed E-state index contributed by atoms with van der Waals surface area (Å²) in [6.07, 6.45) is -0.524. The Morgan fingerprint density at radius 2 is 2.00 bits per heavy atom. The van der Waals surface area contributed by atoms with Crippen LogP contribution in [0.3, 0.4) is 0 Å². The van der Waals surface area contributed by atoms with Crippen LogP contribution in [-0.4, -0.2) is 42.3 Å². The van der Waals surface area contributed by atoms with Crippen LogP contribution in [0, 0.1) is 0 Å². The minimum atomic E-state index is -2.54. The highest BCUT2D eigenvalue weighted by molar-refractivity contribution is 9.09. The quantitative estimate of drug-likeness (QED) is 0.490. The summed E-state index contributed by atoms with van der Waals surface area (Å²) in [6.45, 7) is 2.40. The number of hydrogen-bond donors (Lipinski definition) is 0. The van der Waals surface area contributed by atoms with Crippen LogP contribution >= 0.6 is 15.9 Å². The minimum Gasteiger partial charge on any atom is -0.494 e. The fraction of sp³-hybridized carbons (Fsp3) is 0.533. The van der Waals surface area contributed by atoms with E-state index in [4.69, 9.17) is 4.74 Å². The molecule has 0 radical (unpaired) electrons. The van der Waals surface area contributed by atoms with Crippen LogP contribution in [0.4, 0.5) is 8.78 Å². The standard InChI is InChI=1S/C15H20BrF2NO2/c1-2-3-10-21-13-6-4-12(5-7-13)15(20)19(9-8-16)11-14(17)18/h4-7,14H,2-3,8-11H2,1H3. The monoisotopic (exact) mass is 363 g/mol. The third-order valence-electron chi connectivity index (χ3n) is 2.87. The third kappa shape index (κ3) is 6.42. The van der Waals surface area contributed by atoms with Crippen LogP contribution in [0.5, 0.6) is 5.75 Å². The number of benzene rings is 1.